The Morgan fingerprint density at radius 3 is 2.57 bits per heavy atom. The number of nitrogen functional groups attached to an aromatic ring is 1. The molecule has 10 heteroatoms. The highest BCUT2D eigenvalue weighted by Gasteiger charge is 2.30. The highest BCUT2D eigenvalue weighted by Crippen LogP contribution is 2.35. The minimum Gasteiger partial charge on any atom is -0.389 e. The van der Waals surface area contributed by atoms with Crippen molar-refractivity contribution in [2.24, 2.45) is 0 Å². The average molecular weight is 427 g/mol. The van der Waals surface area contributed by atoms with Crippen molar-refractivity contribution in [2.45, 2.75) is 10.5 Å². The predicted molar refractivity (Wildman–Crippen MR) is 103 cm³/mol. The first kappa shape index (κ1) is 20.2. The van der Waals surface area contributed by atoms with Crippen LogP contribution >= 0.6 is 23.1 Å². The van der Waals surface area contributed by atoms with E-state index in [1.54, 1.807) is 12.1 Å². The Balaban J connectivity index is 1.62. The normalized spacial score (nSPS) is 11.4. The van der Waals surface area contributed by atoms with Gasteiger partial charge in [-0.25, -0.2) is 9.37 Å². The van der Waals surface area contributed by atoms with E-state index >= 15 is 0 Å². The Morgan fingerprint density at radius 2 is 1.89 bits per heavy atom. The summed E-state index contributed by atoms with van der Waals surface area (Å²) in [5.41, 5.74) is 6.30. The van der Waals surface area contributed by atoms with Gasteiger partial charge in [-0.2, -0.15) is 13.2 Å². The average Bonchev–Trinajstić information content (AvgIpc) is 3.01. The Morgan fingerprint density at radius 1 is 1.18 bits per heavy atom. The van der Waals surface area contributed by atoms with E-state index in [2.05, 4.69) is 10.3 Å². The van der Waals surface area contributed by atoms with Crippen molar-refractivity contribution in [3.63, 3.8) is 0 Å². The molecule has 3 rings (SSSR count). The van der Waals surface area contributed by atoms with E-state index in [-0.39, 0.29) is 17.3 Å². The van der Waals surface area contributed by atoms with Crippen molar-refractivity contribution >= 4 is 39.7 Å². The molecule has 1 aromatic heterocycles. The Bertz CT molecular complexity index is 987. The first-order chi connectivity index (χ1) is 13.2. The summed E-state index contributed by atoms with van der Waals surface area (Å²) < 4.78 is 51.7. The molecule has 0 saturated carbocycles. The summed E-state index contributed by atoms with van der Waals surface area (Å²) in [5, 5.41) is 2.85. The number of thioether (sulfide) groups is 1. The number of halogens is 4. The molecule has 0 spiro atoms. The van der Waals surface area contributed by atoms with E-state index in [1.807, 2.05) is 0 Å². The van der Waals surface area contributed by atoms with Gasteiger partial charge < -0.3 is 11.1 Å². The summed E-state index contributed by atoms with van der Waals surface area (Å²) in [7, 11) is 0. The second kappa shape index (κ2) is 8.19. The third-order valence-corrected chi connectivity index (χ3v) is 5.58. The van der Waals surface area contributed by atoms with Gasteiger partial charge in [0.05, 0.1) is 11.3 Å². The maximum atomic E-state index is 13.0. The third-order valence-electron chi connectivity index (χ3n) is 3.55. The number of aromatic nitrogens is 1. The van der Waals surface area contributed by atoms with Gasteiger partial charge in [0.15, 0.2) is 4.34 Å². The highest BCUT2D eigenvalue weighted by atomic mass is 32.2. The van der Waals surface area contributed by atoms with Gasteiger partial charge in [0.1, 0.15) is 16.5 Å². The van der Waals surface area contributed by atoms with Gasteiger partial charge in [-0.05, 0) is 42.5 Å². The molecule has 0 aliphatic heterocycles. The zero-order valence-corrected chi connectivity index (χ0v) is 15.7. The number of rotatable bonds is 5. The van der Waals surface area contributed by atoms with Crippen LogP contribution in [0.1, 0.15) is 5.56 Å². The van der Waals surface area contributed by atoms with E-state index in [4.69, 9.17) is 5.73 Å². The Hall–Kier alpha value is -2.59. The molecule has 0 fully saturated rings. The van der Waals surface area contributed by atoms with Gasteiger partial charge in [0.2, 0.25) is 5.91 Å². The van der Waals surface area contributed by atoms with Crippen LogP contribution in [0, 0.1) is 5.82 Å². The third kappa shape index (κ3) is 5.02. The summed E-state index contributed by atoms with van der Waals surface area (Å²) in [6.45, 7) is 0. The summed E-state index contributed by atoms with van der Waals surface area (Å²) in [4.78, 5) is 16.4. The van der Waals surface area contributed by atoms with Crippen molar-refractivity contribution in [1.82, 2.24) is 4.98 Å². The molecule has 3 aromatic rings. The number of thiazole rings is 1. The van der Waals surface area contributed by atoms with Gasteiger partial charge in [-0.3, -0.25) is 4.79 Å². The lowest BCUT2D eigenvalue weighted by Gasteiger charge is -2.09. The fraction of sp³-hybridized carbons (Fsp3) is 0.111. The van der Waals surface area contributed by atoms with Crippen molar-refractivity contribution < 1.29 is 22.4 Å². The maximum Gasteiger partial charge on any atom is 0.416 e. The van der Waals surface area contributed by atoms with Crippen molar-refractivity contribution in [2.75, 3.05) is 16.8 Å². The van der Waals surface area contributed by atoms with Crippen LogP contribution in [-0.4, -0.2) is 16.6 Å². The lowest BCUT2D eigenvalue weighted by atomic mass is 10.2. The van der Waals surface area contributed by atoms with Crippen LogP contribution in [0.3, 0.4) is 0 Å². The van der Waals surface area contributed by atoms with Crippen LogP contribution in [0.2, 0.25) is 0 Å². The van der Waals surface area contributed by atoms with Crippen molar-refractivity contribution in [3.05, 3.63) is 59.9 Å². The van der Waals surface area contributed by atoms with Crippen molar-refractivity contribution in [3.8, 4) is 11.3 Å². The molecule has 0 atom stereocenters. The molecular formula is C18H13F4N3OS2. The van der Waals surface area contributed by atoms with E-state index in [0.29, 0.717) is 20.6 Å². The molecule has 1 heterocycles. The largest absolute Gasteiger partial charge is 0.416 e. The topological polar surface area (TPSA) is 68.0 Å². The minimum absolute atomic E-state index is 0.0495. The van der Waals surface area contributed by atoms with E-state index < -0.39 is 17.6 Å². The number of carbonyl (C=O) groups excluding carboxylic acids is 1. The van der Waals surface area contributed by atoms with Crippen LogP contribution in [0.15, 0.2) is 52.9 Å². The second-order valence-electron chi connectivity index (χ2n) is 5.61. The smallest absolute Gasteiger partial charge is 0.389 e. The Labute approximate surface area is 165 Å². The van der Waals surface area contributed by atoms with Crippen LogP contribution in [0.25, 0.3) is 11.3 Å². The number of amides is 1. The van der Waals surface area contributed by atoms with Crippen LogP contribution in [-0.2, 0) is 11.0 Å². The highest BCUT2D eigenvalue weighted by molar-refractivity contribution is 8.01. The van der Waals surface area contributed by atoms with E-state index in [1.165, 1.54) is 35.6 Å². The van der Waals surface area contributed by atoms with Gasteiger partial charge in [0, 0.05) is 11.3 Å². The fourth-order valence-electron chi connectivity index (χ4n) is 2.29. The summed E-state index contributed by atoms with van der Waals surface area (Å²) in [6.07, 6.45) is -4.48. The predicted octanol–water partition coefficient (Wildman–Crippen LogP) is 5.28. The number of carbonyl (C=O) groups is 1. The molecule has 0 saturated heterocycles. The molecule has 0 unspecified atom stereocenters. The van der Waals surface area contributed by atoms with E-state index in [0.717, 1.165) is 23.9 Å². The lowest BCUT2D eigenvalue weighted by molar-refractivity contribution is -0.137. The molecule has 0 aliphatic carbocycles. The molecule has 146 valence electrons. The van der Waals surface area contributed by atoms with Crippen LogP contribution in [0.5, 0.6) is 0 Å². The quantitative estimate of drug-likeness (QED) is 0.429. The summed E-state index contributed by atoms with van der Waals surface area (Å²) in [5.74, 6) is -0.897. The monoisotopic (exact) mass is 427 g/mol. The number of hydrogen-bond acceptors (Lipinski definition) is 5. The number of alkyl halides is 3. The van der Waals surface area contributed by atoms with Gasteiger partial charge in [0.25, 0.3) is 0 Å². The number of benzene rings is 2. The zero-order valence-electron chi connectivity index (χ0n) is 14.1. The first-order valence-corrected chi connectivity index (χ1v) is 9.65. The fourth-order valence-corrected chi connectivity index (χ4v) is 4.04. The lowest BCUT2D eigenvalue weighted by Crippen LogP contribution is -2.15. The molecule has 0 aliphatic rings. The van der Waals surface area contributed by atoms with E-state index in [9.17, 15) is 22.4 Å². The number of hydrogen-bond donors (Lipinski definition) is 2. The second-order valence-corrected chi connectivity index (χ2v) is 7.87. The van der Waals surface area contributed by atoms with Gasteiger partial charge in [-0.1, -0.05) is 29.2 Å². The standard InChI is InChI=1S/C18H13F4N3OS2/c19-12-6-4-10(5-7-12)15-16(23)28-17(25-15)27-9-14(26)24-13-3-1-2-11(8-13)18(20,21)22/h1-8H,9,23H2,(H,24,26). The maximum absolute atomic E-state index is 13.0. The number of nitrogens with two attached hydrogens (primary N) is 1. The van der Waals surface area contributed by atoms with Crippen molar-refractivity contribution in [1.29, 1.82) is 0 Å². The molecule has 1 amide bonds. The number of nitrogens with zero attached hydrogens (tertiary/aromatic N) is 1. The molecule has 4 nitrogen and oxygen atoms in total. The summed E-state index contributed by atoms with van der Waals surface area (Å²) in [6, 6.07) is 10.1. The van der Waals surface area contributed by atoms with Gasteiger partial charge >= 0.3 is 6.18 Å². The van der Waals surface area contributed by atoms with Gasteiger partial charge in [-0.15, -0.1) is 0 Å². The molecule has 0 bridgehead atoms. The summed E-state index contributed by atoms with van der Waals surface area (Å²) >= 11 is 2.28. The molecule has 3 N–H and O–H groups in total. The molecule has 28 heavy (non-hydrogen) atoms. The Kier molecular flexibility index (Phi) is 5.90. The first-order valence-electron chi connectivity index (χ1n) is 7.84. The minimum atomic E-state index is -4.48. The van der Waals surface area contributed by atoms with Crippen LogP contribution < -0.4 is 11.1 Å². The zero-order chi connectivity index (χ0) is 20.3. The number of anilines is 2. The van der Waals surface area contributed by atoms with Crippen LogP contribution in [0.4, 0.5) is 28.3 Å². The SMILES string of the molecule is Nc1sc(SCC(=O)Nc2cccc(C(F)(F)F)c2)nc1-c1ccc(F)cc1. The molecule has 2 aromatic carbocycles. The molecular weight excluding hydrogens is 414 g/mol. The number of nitrogens with one attached hydrogen (secondary N) is 1. The molecule has 0 radical (unpaired) electrons.